The largest absolute Gasteiger partial charge is 0.479 e. The maximum atomic E-state index is 13.0. The zero-order chi connectivity index (χ0) is 27.1. The van der Waals surface area contributed by atoms with Crippen LogP contribution in [0.3, 0.4) is 0 Å². The minimum atomic E-state index is -1.93. The lowest BCUT2D eigenvalue weighted by molar-refractivity contribution is -0.288. The number of aliphatic carboxylic acids is 1. The van der Waals surface area contributed by atoms with E-state index in [0.717, 1.165) is 20.8 Å². The molecule has 1 aliphatic rings. The highest BCUT2D eigenvalue weighted by Crippen LogP contribution is 2.31. The molecule has 1 fully saturated rings. The van der Waals surface area contributed by atoms with Crippen LogP contribution in [0.2, 0.25) is 0 Å². The van der Waals surface area contributed by atoms with Gasteiger partial charge in [-0.15, -0.1) is 0 Å². The third-order valence-electron chi connectivity index (χ3n) is 4.92. The van der Waals surface area contributed by atoms with Crippen LogP contribution >= 0.6 is 0 Å². The molecule has 0 radical (unpaired) electrons. The van der Waals surface area contributed by atoms with Gasteiger partial charge in [0.15, 0.2) is 18.3 Å². The second-order valence-electron chi connectivity index (χ2n) is 7.83. The van der Waals surface area contributed by atoms with Gasteiger partial charge in [0, 0.05) is 20.8 Å². The molecule has 0 saturated carbocycles. The standard InChI is InChI=1S/C25H24O12/c1-13(26)32-19-20(33-14(2)27)22(34-15(3)28)25(36-21(19)23(29)30)37-24(31)16-8-7-11-18(12-16)35-17-9-5-4-6-10-17/h4-12,19-22,25H,1-3H3,(H,29,30)/t19-,20-,21-,22+,25?/m0/s1. The third kappa shape index (κ3) is 7.27. The van der Waals surface area contributed by atoms with E-state index in [1.165, 1.54) is 18.2 Å². The van der Waals surface area contributed by atoms with Gasteiger partial charge in [-0.05, 0) is 30.3 Å². The van der Waals surface area contributed by atoms with Gasteiger partial charge in [-0.2, -0.15) is 0 Å². The first-order valence-electron chi connectivity index (χ1n) is 11.0. The lowest BCUT2D eigenvalue weighted by Gasteiger charge is -2.42. The Morgan fingerprint density at radius 1 is 0.703 bits per heavy atom. The Hall–Kier alpha value is -4.45. The van der Waals surface area contributed by atoms with E-state index in [0.29, 0.717) is 11.5 Å². The fraction of sp³-hybridized carbons (Fsp3) is 0.320. The minimum absolute atomic E-state index is 0.00312. The summed E-state index contributed by atoms with van der Waals surface area (Å²) in [6.07, 6.45) is -8.79. The number of carbonyl (C=O) groups is 5. The van der Waals surface area contributed by atoms with E-state index >= 15 is 0 Å². The first-order chi connectivity index (χ1) is 17.5. The number of para-hydroxylation sites is 1. The van der Waals surface area contributed by atoms with Gasteiger partial charge in [-0.25, -0.2) is 9.59 Å². The number of esters is 4. The first-order valence-corrected chi connectivity index (χ1v) is 11.0. The Morgan fingerprint density at radius 2 is 1.27 bits per heavy atom. The van der Waals surface area contributed by atoms with Crippen molar-refractivity contribution in [3.63, 3.8) is 0 Å². The van der Waals surface area contributed by atoms with Crippen molar-refractivity contribution in [3.8, 4) is 11.5 Å². The molecule has 12 heteroatoms. The van der Waals surface area contributed by atoms with E-state index in [4.69, 9.17) is 28.4 Å². The summed E-state index contributed by atoms with van der Waals surface area (Å²) in [6, 6.07) is 14.7. The van der Waals surface area contributed by atoms with Crippen molar-refractivity contribution in [1.29, 1.82) is 0 Å². The number of benzene rings is 2. The van der Waals surface area contributed by atoms with E-state index in [2.05, 4.69) is 0 Å². The predicted octanol–water partition coefficient (Wildman–Crippen LogP) is 2.24. The molecule has 0 aliphatic carbocycles. The van der Waals surface area contributed by atoms with Crippen LogP contribution in [0, 0.1) is 0 Å². The van der Waals surface area contributed by atoms with Gasteiger partial charge in [0.25, 0.3) is 0 Å². The van der Waals surface area contributed by atoms with Gasteiger partial charge in [0.05, 0.1) is 5.56 Å². The molecule has 2 aromatic carbocycles. The van der Waals surface area contributed by atoms with Crippen LogP contribution in [-0.2, 0) is 42.9 Å². The molecular formula is C25H24O12. The number of carbonyl (C=O) groups excluding carboxylic acids is 4. The smallest absolute Gasteiger partial charge is 0.340 e. The lowest BCUT2D eigenvalue weighted by Crippen LogP contribution is -2.63. The molecule has 1 unspecified atom stereocenters. The van der Waals surface area contributed by atoms with E-state index in [1.807, 2.05) is 6.07 Å². The fourth-order valence-electron chi connectivity index (χ4n) is 3.55. The second-order valence-corrected chi connectivity index (χ2v) is 7.83. The first kappa shape index (κ1) is 27.1. The molecule has 5 atom stereocenters. The van der Waals surface area contributed by atoms with E-state index in [1.54, 1.807) is 30.3 Å². The third-order valence-corrected chi connectivity index (χ3v) is 4.92. The summed E-state index contributed by atoms with van der Waals surface area (Å²) in [5.41, 5.74) is -0.00312. The van der Waals surface area contributed by atoms with E-state index in [-0.39, 0.29) is 5.56 Å². The van der Waals surface area contributed by atoms with Gasteiger partial charge in [0.1, 0.15) is 11.5 Å². The molecule has 1 saturated heterocycles. The summed E-state index contributed by atoms with van der Waals surface area (Å²) in [5.74, 6) is -4.48. The molecule has 1 aliphatic heterocycles. The summed E-state index contributed by atoms with van der Waals surface area (Å²) in [4.78, 5) is 60.1. The molecule has 196 valence electrons. The van der Waals surface area contributed by atoms with Crippen molar-refractivity contribution in [1.82, 2.24) is 0 Å². The summed E-state index contributed by atoms with van der Waals surface area (Å²) < 4.78 is 31.8. The molecule has 37 heavy (non-hydrogen) atoms. The lowest BCUT2D eigenvalue weighted by atomic mass is 9.97. The number of hydrogen-bond acceptors (Lipinski definition) is 11. The van der Waals surface area contributed by atoms with Crippen LogP contribution in [-0.4, -0.2) is 65.7 Å². The van der Waals surface area contributed by atoms with Crippen LogP contribution in [0.15, 0.2) is 54.6 Å². The van der Waals surface area contributed by atoms with Crippen molar-refractivity contribution in [2.45, 2.75) is 51.5 Å². The SMILES string of the molecule is CC(=O)O[C@H]1[C@H](OC(C)=O)[C@@H](OC(C)=O)C(OC(=O)c2cccc(Oc3ccccc3)c2)O[C@@H]1C(=O)O. The van der Waals surface area contributed by atoms with Crippen LogP contribution < -0.4 is 4.74 Å². The molecule has 3 rings (SSSR count). The van der Waals surface area contributed by atoms with Gasteiger partial charge < -0.3 is 33.5 Å². The minimum Gasteiger partial charge on any atom is -0.479 e. The number of carboxylic acids is 1. The highest BCUT2D eigenvalue weighted by atomic mass is 16.7. The zero-order valence-corrected chi connectivity index (χ0v) is 20.0. The normalized spacial score (nSPS) is 22.7. The Kier molecular flexibility index (Phi) is 8.80. The fourth-order valence-corrected chi connectivity index (χ4v) is 3.55. The monoisotopic (exact) mass is 516 g/mol. The maximum Gasteiger partial charge on any atom is 0.340 e. The molecule has 0 bridgehead atoms. The summed E-state index contributed by atoms with van der Waals surface area (Å²) >= 11 is 0. The highest BCUT2D eigenvalue weighted by molar-refractivity contribution is 5.90. The number of rotatable bonds is 8. The zero-order valence-electron chi connectivity index (χ0n) is 20.0. The molecule has 0 aromatic heterocycles. The average Bonchev–Trinajstić information content (AvgIpc) is 2.82. The predicted molar refractivity (Wildman–Crippen MR) is 121 cm³/mol. The Balaban J connectivity index is 1.90. The van der Waals surface area contributed by atoms with Gasteiger partial charge >= 0.3 is 29.8 Å². The van der Waals surface area contributed by atoms with Crippen LogP contribution in [0.4, 0.5) is 0 Å². The maximum absolute atomic E-state index is 13.0. The quantitative estimate of drug-likeness (QED) is 0.403. The van der Waals surface area contributed by atoms with Crippen LogP contribution in [0.25, 0.3) is 0 Å². The van der Waals surface area contributed by atoms with E-state index in [9.17, 15) is 29.1 Å². The molecule has 12 nitrogen and oxygen atoms in total. The molecule has 1 N–H and O–H groups in total. The molecular weight excluding hydrogens is 492 g/mol. The van der Waals surface area contributed by atoms with Crippen molar-refractivity contribution < 1.29 is 57.5 Å². The van der Waals surface area contributed by atoms with Crippen molar-refractivity contribution >= 4 is 29.8 Å². The molecule has 0 spiro atoms. The molecule has 0 amide bonds. The van der Waals surface area contributed by atoms with Gasteiger partial charge in [-0.3, -0.25) is 14.4 Å². The summed E-state index contributed by atoms with van der Waals surface area (Å²) in [6.45, 7) is 3.04. The molecule has 1 heterocycles. The average molecular weight is 516 g/mol. The summed E-state index contributed by atoms with van der Waals surface area (Å²) in [7, 11) is 0. The van der Waals surface area contributed by atoms with Gasteiger partial charge in [-0.1, -0.05) is 24.3 Å². The Bertz CT molecular complexity index is 1160. The van der Waals surface area contributed by atoms with E-state index < -0.39 is 60.6 Å². The second kappa shape index (κ2) is 12.0. The number of hydrogen-bond donors (Lipinski definition) is 1. The Morgan fingerprint density at radius 3 is 1.86 bits per heavy atom. The number of ether oxygens (including phenoxy) is 6. The topological polar surface area (TPSA) is 161 Å². The van der Waals surface area contributed by atoms with Crippen LogP contribution in [0.1, 0.15) is 31.1 Å². The number of carboxylic acid groups (broad SMARTS) is 1. The van der Waals surface area contributed by atoms with Crippen molar-refractivity contribution in [2.24, 2.45) is 0 Å². The van der Waals surface area contributed by atoms with Gasteiger partial charge in [0.2, 0.25) is 12.4 Å². The van der Waals surface area contributed by atoms with Crippen LogP contribution in [0.5, 0.6) is 11.5 Å². The van der Waals surface area contributed by atoms with Crippen molar-refractivity contribution in [3.05, 3.63) is 60.2 Å². The highest BCUT2D eigenvalue weighted by Gasteiger charge is 2.55. The Labute approximate surface area is 211 Å². The van der Waals surface area contributed by atoms with Crippen molar-refractivity contribution in [2.75, 3.05) is 0 Å². The summed E-state index contributed by atoms with van der Waals surface area (Å²) in [5, 5.41) is 9.67. The molecule has 2 aromatic rings.